The maximum Gasteiger partial charge on any atom is 0.171 e. The van der Waals surface area contributed by atoms with Crippen LogP contribution in [0.3, 0.4) is 0 Å². The zero-order chi connectivity index (χ0) is 11.4. The van der Waals surface area contributed by atoms with E-state index in [2.05, 4.69) is 32.7 Å². The zero-order valence-corrected chi connectivity index (χ0v) is 10.2. The number of carbonyl (C=O) groups excluding carboxylic acids is 1. The molecule has 2 heteroatoms. The number of Topliss-reactive ketones (excluding diaryl/α,β-unsaturated/α-hetero) is 1. The lowest BCUT2D eigenvalue weighted by atomic mass is 9.58. The number of hydrogen-bond acceptors (Lipinski definition) is 1. The summed E-state index contributed by atoms with van der Waals surface area (Å²) in [6, 6.07) is 0. The molecule has 0 bridgehead atoms. The van der Waals surface area contributed by atoms with Crippen LogP contribution in [0.4, 0.5) is 0 Å². The number of carbonyl (C=O) groups is 1. The van der Waals surface area contributed by atoms with E-state index in [4.69, 9.17) is 0 Å². The topological polar surface area (TPSA) is 32.9 Å². The van der Waals surface area contributed by atoms with E-state index in [1.807, 2.05) is 13.1 Å². The van der Waals surface area contributed by atoms with Crippen molar-refractivity contribution >= 4 is 5.78 Å². The van der Waals surface area contributed by atoms with E-state index in [1.54, 1.807) is 0 Å². The van der Waals surface area contributed by atoms with Crippen LogP contribution in [0.5, 0.6) is 0 Å². The molecule has 82 valence electrons. The van der Waals surface area contributed by atoms with Crippen LogP contribution in [0.15, 0.2) is 6.20 Å². The van der Waals surface area contributed by atoms with Gasteiger partial charge in [0, 0.05) is 22.9 Å². The van der Waals surface area contributed by atoms with Crippen molar-refractivity contribution in [2.24, 2.45) is 10.8 Å². The minimum atomic E-state index is -0.271. The number of nitrogens with one attached hydrogen (secondary N) is 1. The summed E-state index contributed by atoms with van der Waals surface area (Å²) in [6.07, 6.45) is 2.90. The number of hydrogen-bond donors (Lipinski definition) is 1. The molecule has 1 aromatic rings. The fourth-order valence-electron chi connectivity index (χ4n) is 2.32. The van der Waals surface area contributed by atoms with E-state index in [9.17, 15) is 4.79 Å². The molecule has 2 nitrogen and oxygen atoms in total. The fourth-order valence-corrected chi connectivity index (χ4v) is 2.32. The van der Waals surface area contributed by atoms with Gasteiger partial charge in [0.1, 0.15) is 0 Å². The van der Waals surface area contributed by atoms with Crippen molar-refractivity contribution in [2.75, 3.05) is 0 Å². The molecule has 0 saturated carbocycles. The Morgan fingerprint density at radius 2 is 1.87 bits per heavy atom. The van der Waals surface area contributed by atoms with Crippen LogP contribution in [0.1, 0.15) is 49.3 Å². The Morgan fingerprint density at radius 1 is 1.27 bits per heavy atom. The van der Waals surface area contributed by atoms with Gasteiger partial charge >= 0.3 is 0 Å². The molecule has 0 aliphatic heterocycles. The number of ketones is 1. The SMILES string of the molecule is Cc1c[nH]c2c1C(=O)C(C)(C)C(C)(C)C2. The molecule has 1 aliphatic carbocycles. The third kappa shape index (κ3) is 1.20. The van der Waals surface area contributed by atoms with Gasteiger partial charge in [-0.05, 0) is 24.3 Å². The minimum absolute atomic E-state index is 0.0222. The van der Waals surface area contributed by atoms with Crippen molar-refractivity contribution in [3.63, 3.8) is 0 Å². The maximum absolute atomic E-state index is 12.4. The predicted octanol–water partition coefficient (Wildman–Crippen LogP) is 3.11. The van der Waals surface area contributed by atoms with Crippen molar-refractivity contribution < 1.29 is 4.79 Å². The summed E-state index contributed by atoms with van der Waals surface area (Å²) in [6.45, 7) is 10.5. The Labute approximate surface area is 91.1 Å². The standard InChI is InChI=1S/C13H19NO/c1-8-7-14-9-6-12(2,3)13(4,5)11(15)10(8)9/h7,14H,6H2,1-5H3. The van der Waals surface area contributed by atoms with Gasteiger partial charge in [0.25, 0.3) is 0 Å². The molecule has 0 spiro atoms. The normalized spacial score (nSPS) is 22.6. The Bertz CT molecular complexity index is 424. The monoisotopic (exact) mass is 205 g/mol. The Balaban J connectivity index is 2.64. The molecule has 0 saturated heterocycles. The summed E-state index contributed by atoms with van der Waals surface area (Å²) in [7, 11) is 0. The van der Waals surface area contributed by atoms with Gasteiger partial charge in [-0.2, -0.15) is 0 Å². The summed E-state index contributed by atoms with van der Waals surface area (Å²) in [5, 5.41) is 0. The highest BCUT2D eigenvalue weighted by atomic mass is 16.1. The first-order chi connectivity index (χ1) is 6.77. The number of fused-ring (bicyclic) bond motifs is 1. The zero-order valence-electron chi connectivity index (χ0n) is 10.2. The van der Waals surface area contributed by atoms with Gasteiger partial charge in [-0.15, -0.1) is 0 Å². The quantitative estimate of drug-likeness (QED) is 0.693. The molecular weight excluding hydrogens is 186 g/mol. The van der Waals surface area contributed by atoms with Crippen LogP contribution in [0, 0.1) is 17.8 Å². The Hall–Kier alpha value is -1.05. The smallest absolute Gasteiger partial charge is 0.171 e. The molecule has 15 heavy (non-hydrogen) atoms. The molecule has 0 fully saturated rings. The van der Waals surface area contributed by atoms with Crippen LogP contribution in [-0.4, -0.2) is 10.8 Å². The third-order valence-electron chi connectivity index (χ3n) is 4.26. The highest BCUT2D eigenvalue weighted by Crippen LogP contribution is 2.48. The molecule has 0 unspecified atom stereocenters. The number of aromatic amines is 1. The lowest BCUT2D eigenvalue weighted by Gasteiger charge is -2.44. The molecule has 0 aromatic carbocycles. The number of rotatable bonds is 0. The number of aryl methyl sites for hydroxylation is 1. The lowest BCUT2D eigenvalue weighted by Crippen LogP contribution is -2.45. The highest BCUT2D eigenvalue weighted by Gasteiger charge is 2.48. The Kier molecular flexibility index (Phi) is 1.92. The van der Waals surface area contributed by atoms with E-state index in [1.165, 1.54) is 0 Å². The van der Waals surface area contributed by atoms with Crippen molar-refractivity contribution in [1.82, 2.24) is 4.98 Å². The molecule has 1 aromatic heterocycles. The summed E-state index contributed by atoms with van der Waals surface area (Å²) < 4.78 is 0. The van der Waals surface area contributed by atoms with Gasteiger partial charge in [0.05, 0.1) is 0 Å². The van der Waals surface area contributed by atoms with Crippen LogP contribution in [0.25, 0.3) is 0 Å². The van der Waals surface area contributed by atoms with E-state index < -0.39 is 0 Å². The van der Waals surface area contributed by atoms with Gasteiger partial charge in [-0.3, -0.25) is 4.79 Å². The van der Waals surface area contributed by atoms with Crippen molar-refractivity contribution in [1.29, 1.82) is 0 Å². The number of aromatic nitrogens is 1. The summed E-state index contributed by atoms with van der Waals surface area (Å²) in [5.74, 6) is 0.285. The van der Waals surface area contributed by atoms with Crippen LogP contribution >= 0.6 is 0 Å². The average Bonchev–Trinajstić information content (AvgIpc) is 2.43. The van der Waals surface area contributed by atoms with E-state index in [0.717, 1.165) is 23.2 Å². The summed E-state index contributed by atoms with van der Waals surface area (Å²) >= 11 is 0. The lowest BCUT2D eigenvalue weighted by molar-refractivity contribution is 0.0528. The van der Waals surface area contributed by atoms with Crippen molar-refractivity contribution in [3.8, 4) is 0 Å². The molecule has 0 amide bonds. The second-order valence-corrected chi connectivity index (χ2v) is 5.84. The van der Waals surface area contributed by atoms with Crippen LogP contribution in [0.2, 0.25) is 0 Å². The fraction of sp³-hybridized carbons (Fsp3) is 0.615. The first-order valence-corrected chi connectivity index (χ1v) is 5.49. The molecule has 2 rings (SSSR count). The van der Waals surface area contributed by atoms with Gasteiger partial charge in [0.15, 0.2) is 5.78 Å². The van der Waals surface area contributed by atoms with E-state index in [-0.39, 0.29) is 16.6 Å². The van der Waals surface area contributed by atoms with E-state index >= 15 is 0 Å². The molecule has 0 radical (unpaired) electrons. The summed E-state index contributed by atoms with van der Waals surface area (Å²) in [5.41, 5.74) is 2.88. The molecule has 1 heterocycles. The molecule has 1 N–H and O–H groups in total. The highest BCUT2D eigenvalue weighted by molar-refractivity contribution is 6.04. The van der Waals surface area contributed by atoms with Gasteiger partial charge in [-0.1, -0.05) is 27.7 Å². The second-order valence-electron chi connectivity index (χ2n) is 5.84. The Morgan fingerprint density at radius 3 is 2.47 bits per heavy atom. The van der Waals surface area contributed by atoms with Crippen molar-refractivity contribution in [3.05, 3.63) is 23.0 Å². The van der Waals surface area contributed by atoms with Crippen molar-refractivity contribution in [2.45, 2.75) is 41.0 Å². The molecule has 0 atom stereocenters. The second kappa shape index (κ2) is 2.75. The average molecular weight is 205 g/mol. The summed E-state index contributed by atoms with van der Waals surface area (Å²) in [4.78, 5) is 15.6. The predicted molar refractivity (Wildman–Crippen MR) is 61.1 cm³/mol. The largest absolute Gasteiger partial charge is 0.364 e. The molecule has 1 aliphatic rings. The van der Waals surface area contributed by atoms with Crippen LogP contribution in [-0.2, 0) is 6.42 Å². The minimum Gasteiger partial charge on any atom is -0.364 e. The van der Waals surface area contributed by atoms with Gasteiger partial charge < -0.3 is 4.98 Å². The first-order valence-electron chi connectivity index (χ1n) is 5.49. The van der Waals surface area contributed by atoms with Gasteiger partial charge in [0.2, 0.25) is 0 Å². The first kappa shape index (κ1) is 10.5. The van der Waals surface area contributed by atoms with Crippen LogP contribution < -0.4 is 0 Å². The maximum atomic E-state index is 12.4. The van der Waals surface area contributed by atoms with Gasteiger partial charge in [-0.25, -0.2) is 0 Å². The van der Waals surface area contributed by atoms with E-state index in [0.29, 0.717) is 0 Å². The molecular formula is C13H19NO. The third-order valence-corrected chi connectivity index (χ3v) is 4.26. The number of H-pyrrole nitrogens is 1.